The van der Waals surface area contributed by atoms with Crippen molar-refractivity contribution in [3.05, 3.63) is 36.1 Å². The van der Waals surface area contributed by atoms with Gasteiger partial charge < -0.3 is 16.6 Å². The number of rotatable bonds is 2. The zero-order valence-corrected chi connectivity index (χ0v) is 6.75. The third-order valence-corrected chi connectivity index (χ3v) is 1.56. The van der Waals surface area contributed by atoms with Gasteiger partial charge in [-0.05, 0) is 23.8 Å². The smallest absolute Gasteiger partial charge is 0.0895 e. The highest BCUT2D eigenvalue weighted by atomic mass is 16.3. The maximum atomic E-state index is 8.93. The predicted octanol–water partition coefficient (Wildman–Crippen LogP) is 1.47. The molecule has 0 saturated carbocycles. The minimum absolute atomic E-state index is 0.0901. The molecular formula is C9H12N2O. The molecule has 0 bridgehead atoms. The molecule has 0 atom stereocenters. The molecule has 0 fully saturated rings. The van der Waals surface area contributed by atoms with Crippen molar-refractivity contribution in [3.63, 3.8) is 0 Å². The SMILES string of the molecule is C=C(O)Cc1cc(N)ccc1N. The van der Waals surface area contributed by atoms with Crippen LogP contribution in [-0.2, 0) is 6.42 Å². The molecule has 5 N–H and O–H groups in total. The highest BCUT2D eigenvalue weighted by Gasteiger charge is 2.00. The molecule has 0 amide bonds. The minimum Gasteiger partial charge on any atom is -0.513 e. The van der Waals surface area contributed by atoms with Gasteiger partial charge in [-0.2, -0.15) is 0 Å². The first-order valence-electron chi connectivity index (χ1n) is 3.60. The van der Waals surface area contributed by atoms with Gasteiger partial charge in [0, 0.05) is 17.8 Å². The van der Waals surface area contributed by atoms with Gasteiger partial charge in [0.15, 0.2) is 0 Å². The maximum Gasteiger partial charge on any atom is 0.0895 e. The van der Waals surface area contributed by atoms with E-state index in [9.17, 15) is 0 Å². The van der Waals surface area contributed by atoms with Crippen molar-refractivity contribution in [1.82, 2.24) is 0 Å². The minimum atomic E-state index is 0.0901. The summed E-state index contributed by atoms with van der Waals surface area (Å²) in [6.07, 6.45) is 0.358. The fraction of sp³-hybridized carbons (Fsp3) is 0.111. The Balaban J connectivity index is 2.97. The first kappa shape index (κ1) is 8.46. The van der Waals surface area contributed by atoms with Crippen LogP contribution >= 0.6 is 0 Å². The Morgan fingerprint density at radius 3 is 2.67 bits per heavy atom. The number of anilines is 2. The fourth-order valence-corrected chi connectivity index (χ4v) is 0.999. The second kappa shape index (κ2) is 3.17. The molecule has 1 aromatic rings. The molecule has 12 heavy (non-hydrogen) atoms. The molecule has 0 saturated heterocycles. The molecule has 0 heterocycles. The number of nitrogen functional groups attached to an aromatic ring is 2. The Kier molecular flexibility index (Phi) is 2.24. The van der Waals surface area contributed by atoms with E-state index in [-0.39, 0.29) is 5.76 Å². The maximum absolute atomic E-state index is 8.93. The van der Waals surface area contributed by atoms with Gasteiger partial charge in [-0.15, -0.1) is 0 Å². The molecule has 1 rings (SSSR count). The molecular weight excluding hydrogens is 152 g/mol. The summed E-state index contributed by atoms with van der Waals surface area (Å²) < 4.78 is 0. The monoisotopic (exact) mass is 164 g/mol. The summed E-state index contributed by atoms with van der Waals surface area (Å²) in [6, 6.07) is 5.17. The van der Waals surface area contributed by atoms with E-state index in [2.05, 4.69) is 6.58 Å². The van der Waals surface area contributed by atoms with Gasteiger partial charge in [0.25, 0.3) is 0 Å². The molecule has 1 aromatic carbocycles. The molecule has 3 nitrogen and oxygen atoms in total. The predicted molar refractivity (Wildman–Crippen MR) is 50.7 cm³/mol. The van der Waals surface area contributed by atoms with Crippen LogP contribution in [0.1, 0.15) is 5.56 Å². The van der Waals surface area contributed by atoms with Crippen LogP contribution in [0.25, 0.3) is 0 Å². The molecule has 64 valence electrons. The quantitative estimate of drug-likeness (QED) is 0.457. The van der Waals surface area contributed by atoms with E-state index < -0.39 is 0 Å². The molecule has 0 aromatic heterocycles. The molecule has 0 radical (unpaired) electrons. The Morgan fingerprint density at radius 1 is 1.42 bits per heavy atom. The number of benzene rings is 1. The summed E-state index contributed by atoms with van der Waals surface area (Å²) in [6.45, 7) is 3.38. The molecule has 0 aliphatic heterocycles. The van der Waals surface area contributed by atoms with Gasteiger partial charge in [-0.1, -0.05) is 6.58 Å². The lowest BCUT2D eigenvalue weighted by atomic mass is 10.1. The van der Waals surface area contributed by atoms with Crippen molar-refractivity contribution in [2.24, 2.45) is 0 Å². The van der Waals surface area contributed by atoms with Crippen molar-refractivity contribution in [2.75, 3.05) is 11.5 Å². The third kappa shape index (κ3) is 1.92. The zero-order valence-electron chi connectivity index (χ0n) is 6.75. The molecule has 0 spiro atoms. The summed E-state index contributed by atoms with van der Waals surface area (Å²) in [7, 11) is 0. The highest BCUT2D eigenvalue weighted by Crippen LogP contribution is 2.17. The Labute approximate surface area is 71.3 Å². The average molecular weight is 164 g/mol. The summed E-state index contributed by atoms with van der Waals surface area (Å²) in [4.78, 5) is 0. The lowest BCUT2D eigenvalue weighted by Crippen LogP contribution is -1.97. The van der Waals surface area contributed by atoms with Crippen molar-refractivity contribution < 1.29 is 5.11 Å². The summed E-state index contributed by atoms with van der Waals surface area (Å²) in [5.74, 6) is 0.0901. The summed E-state index contributed by atoms with van der Waals surface area (Å²) in [5.41, 5.74) is 13.2. The number of aliphatic hydroxyl groups excluding tert-OH is 1. The van der Waals surface area contributed by atoms with Gasteiger partial charge in [0.05, 0.1) is 5.76 Å². The highest BCUT2D eigenvalue weighted by molar-refractivity contribution is 5.55. The van der Waals surface area contributed by atoms with Crippen LogP contribution in [0.2, 0.25) is 0 Å². The lowest BCUT2D eigenvalue weighted by Gasteiger charge is -2.04. The zero-order chi connectivity index (χ0) is 9.14. The van der Waals surface area contributed by atoms with Crippen LogP contribution in [-0.4, -0.2) is 5.11 Å². The van der Waals surface area contributed by atoms with E-state index in [0.717, 1.165) is 5.56 Å². The van der Waals surface area contributed by atoms with Crippen molar-refractivity contribution in [2.45, 2.75) is 6.42 Å². The van der Waals surface area contributed by atoms with E-state index in [1.807, 2.05) is 0 Å². The first-order valence-corrected chi connectivity index (χ1v) is 3.60. The normalized spacial score (nSPS) is 9.67. The van der Waals surface area contributed by atoms with Crippen LogP contribution < -0.4 is 11.5 Å². The average Bonchev–Trinajstić information content (AvgIpc) is 1.96. The van der Waals surface area contributed by atoms with Crippen LogP contribution in [0.4, 0.5) is 11.4 Å². The number of hydrogen-bond acceptors (Lipinski definition) is 3. The van der Waals surface area contributed by atoms with E-state index in [0.29, 0.717) is 17.8 Å². The number of hydrogen-bond donors (Lipinski definition) is 3. The van der Waals surface area contributed by atoms with Crippen LogP contribution in [0, 0.1) is 0 Å². The number of allylic oxidation sites excluding steroid dienone is 1. The second-order valence-electron chi connectivity index (χ2n) is 2.70. The van der Waals surface area contributed by atoms with E-state index >= 15 is 0 Å². The topological polar surface area (TPSA) is 72.3 Å². The Hall–Kier alpha value is -1.64. The summed E-state index contributed by atoms with van der Waals surface area (Å²) >= 11 is 0. The molecule has 3 heteroatoms. The van der Waals surface area contributed by atoms with Crippen molar-refractivity contribution in [1.29, 1.82) is 0 Å². The third-order valence-electron chi connectivity index (χ3n) is 1.56. The largest absolute Gasteiger partial charge is 0.513 e. The van der Waals surface area contributed by atoms with Crippen molar-refractivity contribution >= 4 is 11.4 Å². The number of aliphatic hydroxyl groups is 1. The molecule has 0 unspecified atom stereocenters. The first-order chi connectivity index (χ1) is 5.59. The van der Waals surface area contributed by atoms with Crippen LogP contribution in [0.5, 0.6) is 0 Å². The van der Waals surface area contributed by atoms with E-state index in [1.165, 1.54) is 0 Å². The van der Waals surface area contributed by atoms with Gasteiger partial charge >= 0.3 is 0 Å². The van der Waals surface area contributed by atoms with Gasteiger partial charge in [-0.3, -0.25) is 0 Å². The van der Waals surface area contributed by atoms with E-state index in [1.54, 1.807) is 18.2 Å². The van der Waals surface area contributed by atoms with E-state index in [4.69, 9.17) is 16.6 Å². The Morgan fingerprint density at radius 2 is 2.08 bits per heavy atom. The molecule has 0 aliphatic carbocycles. The fourth-order valence-electron chi connectivity index (χ4n) is 0.999. The second-order valence-corrected chi connectivity index (χ2v) is 2.70. The van der Waals surface area contributed by atoms with Gasteiger partial charge in [0.2, 0.25) is 0 Å². The lowest BCUT2D eigenvalue weighted by molar-refractivity contribution is 0.402. The van der Waals surface area contributed by atoms with Gasteiger partial charge in [0.1, 0.15) is 0 Å². The van der Waals surface area contributed by atoms with Crippen LogP contribution in [0.3, 0.4) is 0 Å². The Bertz CT molecular complexity index is 307. The van der Waals surface area contributed by atoms with Crippen molar-refractivity contribution in [3.8, 4) is 0 Å². The van der Waals surface area contributed by atoms with Gasteiger partial charge in [-0.25, -0.2) is 0 Å². The standard InChI is InChI=1S/C9H12N2O/c1-6(12)4-7-5-8(10)2-3-9(7)11/h2-3,5,12H,1,4,10-11H2. The molecule has 0 aliphatic rings. The number of nitrogens with two attached hydrogens (primary N) is 2. The summed E-state index contributed by atoms with van der Waals surface area (Å²) in [5, 5.41) is 8.93. The van der Waals surface area contributed by atoms with Crippen LogP contribution in [0.15, 0.2) is 30.5 Å².